The quantitative estimate of drug-likeness (QED) is 0.715. The molecular formula is C22H24N4O. The van der Waals surface area contributed by atoms with E-state index >= 15 is 0 Å². The molecule has 27 heavy (non-hydrogen) atoms. The molecule has 0 saturated heterocycles. The maximum absolute atomic E-state index is 12.7. The second-order valence-electron chi connectivity index (χ2n) is 7.04. The van der Waals surface area contributed by atoms with Crippen LogP contribution < -0.4 is 11.1 Å². The predicted octanol–water partition coefficient (Wildman–Crippen LogP) is 4.24. The summed E-state index contributed by atoms with van der Waals surface area (Å²) in [7, 11) is 0. The summed E-state index contributed by atoms with van der Waals surface area (Å²) in [6, 6.07) is 19.3. The molecular weight excluding hydrogens is 336 g/mol. The van der Waals surface area contributed by atoms with Crippen molar-refractivity contribution in [3.05, 3.63) is 77.5 Å². The Kier molecular flexibility index (Phi) is 5.03. The van der Waals surface area contributed by atoms with E-state index in [-0.39, 0.29) is 5.91 Å². The number of aromatic nitrogens is 2. The van der Waals surface area contributed by atoms with E-state index in [0.29, 0.717) is 23.8 Å². The van der Waals surface area contributed by atoms with Crippen molar-refractivity contribution in [3.8, 4) is 5.69 Å². The van der Waals surface area contributed by atoms with Gasteiger partial charge in [0.1, 0.15) is 5.82 Å². The number of amides is 1. The first-order chi connectivity index (χ1) is 13.2. The van der Waals surface area contributed by atoms with Crippen LogP contribution in [-0.2, 0) is 6.54 Å². The molecule has 0 aliphatic heterocycles. The van der Waals surface area contributed by atoms with Crippen molar-refractivity contribution in [1.82, 2.24) is 9.78 Å². The van der Waals surface area contributed by atoms with Gasteiger partial charge in [0, 0.05) is 24.1 Å². The van der Waals surface area contributed by atoms with E-state index in [1.165, 1.54) is 25.7 Å². The number of rotatable bonds is 5. The summed E-state index contributed by atoms with van der Waals surface area (Å²) in [5.41, 5.74) is 9.25. The van der Waals surface area contributed by atoms with Gasteiger partial charge >= 0.3 is 0 Å². The summed E-state index contributed by atoms with van der Waals surface area (Å²) in [5, 5.41) is 7.86. The van der Waals surface area contributed by atoms with Gasteiger partial charge in [0.2, 0.25) is 0 Å². The van der Waals surface area contributed by atoms with Crippen molar-refractivity contribution in [3.63, 3.8) is 0 Å². The smallest absolute Gasteiger partial charge is 0.256 e. The SMILES string of the molecule is NCc1ccc(C(=O)Nc2cc(C3CCCC3)nn2-c2ccccc2)cc1. The first-order valence-electron chi connectivity index (χ1n) is 9.50. The summed E-state index contributed by atoms with van der Waals surface area (Å²) in [6.45, 7) is 0.466. The molecule has 5 heteroatoms. The van der Waals surface area contributed by atoms with Gasteiger partial charge in [-0.05, 0) is 42.7 Å². The van der Waals surface area contributed by atoms with Gasteiger partial charge < -0.3 is 11.1 Å². The van der Waals surface area contributed by atoms with Crippen LogP contribution in [0.1, 0.15) is 53.2 Å². The Hall–Kier alpha value is -2.92. The van der Waals surface area contributed by atoms with E-state index in [2.05, 4.69) is 5.32 Å². The topological polar surface area (TPSA) is 72.9 Å². The fourth-order valence-corrected chi connectivity index (χ4v) is 3.66. The average Bonchev–Trinajstić information content (AvgIpc) is 3.38. The molecule has 0 atom stereocenters. The minimum atomic E-state index is -0.145. The molecule has 0 unspecified atom stereocenters. The van der Waals surface area contributed by atoms with Crippen LogP contribution in [0.15, 0.2) is 60.7 Å². The number of carbonyl (C=O) groups excluding carboxylic acids is 1. The van der Waals surface area contributed by atoms with Crippen molar-refractivity contribution in [2.24, 2.45) is 5.73 Å². The highest BCUT2D eigenvalue weighted by atomic mass is 16.1. The molecule has 0 spiro atoms. The van der Waals surface area contributed by atoms with Gasteiger partial charge in [0.15, 0.2) is 0 Å². The van der Waals surface area contributed by atoms with Crippen LogP contribution in [0, 0.1) is 0 Å². The molecule has 3 N–H and O–H groups in total. The third-order valence-electron chi connectivity index (χ3n) is 5.20. The molecule has 138 valence electrons. The van der Waals surface area contributed by atoms with Crippen LogP contribution in [0.2, 0.25) is 0 Å². The third kappa shape index (κ3) is 3.78. The Labute approximate surface area is 159 Å². The molecule has 5 nitrogen and oxygen atoms in total. The summed E-state index contributed by atoms with van der Waals surface area (Å²) >= 11 is 0. The highest BCUT2D eigenvalue weighted by Gasteiger charge is 2.22. The normalized spacial score (nSPS) is 14.4. The standard InChI is InChI=1S/C22H24N4O/c23-15-16-10-12-18(13-11-16)22(27)24-21-14-20(17-6-4-5-7-17)25-26(21)19-8-2-1-3-9-19/h1-3,8-14,17H,4-7,15,23H2,(H,24,27). The summed E-state index contributed by atoms with van der Waals surface area (Å²) < 4.78 is 1.83. The fraction of sp³-hybridized carbons (Fsp3) is 0.273. The van der Waals surface area contributed by atoms with E-state index < -0.39 is 0 Å². The molecule has 4 rings (SSSR count). The van der Waals surface area contributed by atoms with Gasteiger partial charge in [0.25, 0.3) is 5.91 Å². The van der Waals surface area contributed by atoms with Crippen LogP contribution in [0.3, 0.4) is 0 Å². The van der Waals surface area contributed by atoms with Crippen molar-refractivity contribution in [2.45, 2.75) is 38.1 Å². The van der Waals surface area contributed by atoms with Gasteiger partial charge in [-0.3, -0.25) is 4.79 Å². The van der Waals surface area contributed by atoms with Crippen molar-refractivity contribution < 1.29 is 4.79 Å². The van der Waals surface area contributed by atoms with Crippen LogP contribution in [0.25, 0.3) is 5.69 Å². The Morgan fingerprint density at radius 3 is 2.44 bits per heavy atom. The Morgan fingerprint density at radius 1 is 1.07 bits per heavy atom. The second-order valence-corrected chi connectivity index (χ2v) is 7.04. The van der Waals surface area contributed by atoms with E-state index in [4.69, 9.17) is 10.8 Å². The predicted molar refractivity (Wildman–Crippen MR) is 107 cm³/mol. The Balaban J connectivity index is 1.64. The minimum absolute atomic E-state index is 0.145. The van der Waals surface area contributed by atoms with E-state index in [9.17, 15) is 4.79 Å². The number of para-hydroxylation sites is 1. The van der Waals surface area contributed by atoms with Gasteiger partial charge in [-0.1, -0.05) is 43.2 Å². The minimum Gasteiger partial charge on any atom is -0.326 e. The molecule has 1 heterocycles. The van der Waals surface area contributed by atoms with Gasteiger partial charge in [-0.15, -0.1) is 0 Å². The molecule has 0 bridgehead atoms. The molecule has 1 aliphatic carbocycles. The fourth-order valence-electron chi connectivity index (χ4n) is 3.66. The van der Waals surface area contributed by atoms with E-state index in [0.717, 1.165) is 16.9 Å². The van der Waals surface area contributed by atoms with Crippen molar-refractivity contribution in [2.75, 3.05) is 5.32 Å². The van der Waals surface area contributed by atoms with E-state index in [1.54, 1.807) is 12.1 Å². The maximum Gasteiger partial charge on any atom is 0.256 e. The lowest BCUT2D eigenvalue weighted by molar-refractivity contribution is 0.102. The first kappa shape index (κ1) is 17.5. The molecule has 2 aromatic carbocycles. The number of anilines is 1. The van der Waals surface area contributed by atoms with E-state index in [1.807, 2.05) is 53.2 Å². The Morgan fingerprint density at radius 2 is 1.78 bits per heavy atom. The number of carbonyl (C=O) groups is 1. The lowest BCUT2D eigenvalue weighted by Gasteiger charge is -2.09. The summed E-state index contributed by atoms with van der Waals surface area (Å²) in [5.74, 6) is 1.04. The van der Waals surface area contributed by atoms with Crippen LogP contribution in [-0.4, -0.2) is 15.7 Å². The molecule has 1 saturated carbocycles. The van der Waals surface area contributed by atoms with Crippen LogP contribution in [0.5, 0.6) is 0 Å². The molecule has 1 aromatic heterocycles. The number of nitrogens with zero attached hydrogens (tertiary/aromatic N) is 2. The summed E-state index contributed by atoms with van der Waals surface area (Å²) in [4.78, 5) is 12.7. The highest BCUT2D eigenvalue weighted by Crippen LogP contribution is 2.35. The van der Waals surface area contributed by atoms with Crippen molar-refractivity contribution in [1.29, 1.82) is 0 Å². The first-order valence-corrected chi connectivity index (χ1v) is 9.50. The lowest BCUT2D eigenvalue weighted by atomic mass is 10.0. The maximum atomic E-state index is 12.7. The number of nitrogens with two attached hydrogens (primary N) is 1. The zero-order chi connectivity index (χ0) is 18.6. The second kappa shape index (κ2) is 7.76. The zero-order valence-electron chi connectivity index (χ0n) is 15.3. The molecule has 1 fully saturated rings. The average molecular weight is 360 g/mol. The third-order valence-corrected chi connectivity index (χ3v) is 5.20. The molecule has 3 aromatic rings. The zero-order valence-corrected chi connectivity index (χ0v) is 15.3. The molecule has 1 amide bonds. The summed E-state index contributed by atoms with van der Waals surface area (Å²) in [6.07, 6.45) is 4.83. The highest BCUT2D eigenvalue weighted by molar-refractivity contribution is 6.04. The number of nitrogens with one attached hydrogen (secondary N) is 1. The monoisotopic (exact) mass is 360 g/mol. The lowest BCUT2D eigenvalue weighted by Crippen LogP contribution is -2.15. The number of hydrogen-bond acceptors (Lipinski definition) is 3. The van der Waals surface area contributed by atoms with Gasteiger partial charge in [-0.2, -0.15) is 5.10 Å². The number of benzene rings is 2. The van der Waals surface area contributed by atoms with Gasteiger partial charge in [-0.25, -0.2) is 4.68 Å². The largest absolute Gasteiger partial charge is 0.326 e. The molecule has 1 aliphatic rings. The van der Waals surface area contributed by atoms with Crippen LogP contribution in [0.4, 0.5) is 5.82 Å². The van der Waals surface area contributed by atoms with Gasteiger partial charge in [0.05, 0.1) is 11.4 Å². The van der Waals surface area contributed by atoms with Crippen LogP contribution >= 0.6 is 0 Å². The van der Waals surface area contributed by atoms with Crippen molar-refractivity contribution >= 4 is 11.7 Å². The number of hydrogen-bond donors (Lipinski definition) is 2. The molecule has 0 radical (unpaired) electrons. The Bertz CT molecular complexity index is 909.